The predicted molar refractivity (Wildman–Crippen MR) is 47.4 cm³/mol. The largest absolute Gasteiger partial charge is 0.389 e. The average molecular weight is 164 g/mol. The number of rotatable bonds is 2. The van der Waals surface area contributed by atoms with Crippen LogP contribution in [0, 0.1) is 0 Å². The Hall–Kier alpha value is -1.22. The lowest BCUT2D eigenvalue weighted by Gasteiger charge is -2.00. The number of hydrogen-bond donors (Lipinski definition) is 1. The minimum absolute atomic E-state index is 0.431. The van der Waals surface area contributed by atoms with E-state index in [1.807, 2.05) is 13.0 Å². The molecule has 0 radical (unpaired) electrons. The second-order valence-electron chi connectivity index (χ2n) is 2.68. The highest BCUT2D eigenvalue weighted by Crippen LogP contribution is 2.09. The minimum atomic E-state index is -0.431. The molecule has 0 aliphatic carbocycles. The van der Waals surface area contributed by atoms with Gasteiger partial charge in [0.25, 0.3) is 0 Å². The van der Waals surface area contributed by atoms with E-state index in [1.165, 1.54) is 6.33 Å². The molecule has 0 bridgehead atoms. The molecule has 1 aromatic heterocycles. The summed E-state index contributed by atoms with van der Waals surface area (Å²) >= 11 is 0. The SMILES string of the molecule is C/C(=C/C(C)O)c1ccncn1. The summed E-state index contributed by atoms with van der Waals surface area (Å²) in [4.78, 5) is 7.85. The van der Waals surface area contributed by atoms with E-state index < -0.39 is 6.10 Å². The van der Waals surface area contributed by atoms with Gasteiger partial charge in [-0.25, -0.2) is 9.97 Å². The fourth-order valence-corrected chi connectivity index (χ4v) is 0.971. The van der Waals surface area contributed by atoms with Gasteiger partial charge in [0, 0.05) is 6.20 Å². The predicted octanol–water partition coefficient (Wildman–Crippen LogP) is 1.26. The van der Waals surface area contributed by atoms with Crippen molar-refractivity contribution in [3.8, 4) is 0 Å². The van der Waals surface area contributed by atoms with Crippen molar-refractivity contribution in [1.29, 1.82) is 0 Å². The Kier molecular flexibility index (Phi) is 2.94. The Morgan fingerprint density at radius 2 is 2.42 bits per heavy atom. The summed E-state index contributed by atoms with van der Waals surface area (Å²) in [6.07, 6.45) is 4.50. The molecule has 1 unspecified atom stereocenters. The number of aromatic nitrogens is 2. The smallest absolute Gasteiger partial charge is 0.116 e. The molecular formula is C9H12N2O. The van der Waals surface area contributed by atoms with Crippen molar-refractivity contribution in [1.82, 2.24) is 9.97 Å². The van der Waals surface area contributed by atoms with Gasteiger partial charge in [-0.1, -0.05) is 6.08 Å². The van der Waals surface area contributed by atoms with Crippen LogP contribution < -0.4 is 0 Å². The maximum absolute atomic E-state index is 9.06. The second kappa shape index (κ2) is 3.97. The summed E-state index contributed by atoms with van der Waals surface area (Å²) < 4.78 is 0. The molecule has 64 valence electrons. The number of nitrogens with zero attached hydrogens (tertiary/aromatic N) is 2. The van der Waals surface area contributed by atoms with Crippen LogP contribution in [0.2, 0.25) is 0 Å². The van der Waals surface area contributed by atoms with Crippen LogP contribution in [0.4, 0.5) is 0 Å². The van der Waals surface area contributed by atoms with Crippen molar-refractivity contribution < 1.29 is 5.11 Å². The van der Waals surface area contributed by atoms with E-state index >= 15 is 0 Å². The van der Waals surface area contributed by atoms with Gasteiger partial charge in [-0.15, -0.1) is 0 Å². The van der Waals surface area contributed by atoms with Crippen molar-refractivity contribution in [2.24, 2.45) is 0 Å². The molecule has 0 saturated heterocycles. The molecule has 3 heteroatoms. The average Bonchev–Trinajstić information content (AvgIpc) is 2.05. The fraction of sp³-hybridized carbons (Fsp3) is 0.333. The highest BCUT2D eigenvalue weighted by Gasteiger charge is 1.96. The first-order chi connectivity index (χ1) is 5.70. The number of aliphatic hydroxyl groups excluding tert-OH is 1. The van der Waals surface area contributed by atoms with E-state index in [0.29, 0.717) is 0 Å². The zero-order chi connectivity index (χ0) is 8.97. The third-order valence-corrected chi connectivity index (χ3v) is 1.48. The summed E-state index contributed by atoms with van der Waals surface area (Å²) in [5, 5.41) is 9.06. The van der Waals surface area contributed by atoms with Crippen LogP contribution in [0.3, 0.4) is 0 Å². The Morgan fingerprint density at radius 3 is 2.92 bits per heavy atom. The zero-order valence-corrected chi connectivity index (χ0v) is 7.23. The molecule has 0 aromatic carbocycles. The van der Waals surface area contributed by atoms with Gasteiger partial charge < -0.3 is 5.11 Å². The third-order valence-electron chi connectivity index (χ3n) is 1.48. The van der Waals surface area contributed by atoms with Gasteiger partial charge in [-0.3, -0.25) is 0 Å². The third kappa shape index (κ3) is 2.43. The van der Waals surface area contributed by atoms with Crippen LogP contribution in [0.25, 0.3) is 5.57 Å². The van der Waals surface area contributed by atoms with Crippen molar-refractivity contribution in [3.63, 3.8) is 0 Å². The molecular weight excluding hydrogens is 152 g/mol. The first kappa shape index (κ1) is 8.87. The van der Waals surface area contributed by atoms with Crippen molar-refractivity contribution in [2.75, 3.05) is 0 Å². The lowest BCUT2D eigenvalue weighted by molar-refractivity contribution is 0.244. The summed E-state index contributed by atoms with van der Waals surface area (Å²) in [6.45, 7) is 3.62. The molecule has 1 atom stereocenters. The quantitative estimate of drug-likeness (QED) is 0.715. The van der Waals surface area contributed by atoms with Crippen LogP contribution in [-0.4, -0.2) is 21.2 Å². The lowest BCUT2D eigenvalue weighted by atomic mass is 10.1. The Morgan fingerprint density at radius 1 is 1.67 bits per heavy atom. The Labute approximate surface area is 71.8 Å². The molecule has 12 heavy (non-hydrogen) atoms. The van der Waals surface area contributed by atoms with Gasteiger partial charge in [0.1, 0.15) is 6.33 Å². The molecule has 0 saturated carbocycles. The summed E-state index contributed by atoms with van der Waals surface area (Å²) in [5.41, 5.74) is 1.82. The van der Waals surface area contributed by atoms with Crippen LogP contribution in [0.5, 0.6) is 0 Å². The fourth-order valence-electron chi connectivity index (χ4n) is 0.971. The van der Waals surface area contributed by atoms with Crippen LogP contribution in [-0.2, 0) is 0 Å². The molecule has 1 rings (SSSR count). The van der Waals surface area contributed by atoms with Crippen LogP contribution >= 0.6 is 0 Å². The van der Waals surface area contributed by atoms with E-state index in [-0.39, 0.29) is 0 Å². The maximum atomic E-state index is 9.06. The lowest BCUT2D eigenvalue weighted by Crippen LogP contribution is -1.95. The normalized spacial score (nSPS) is 14.4. The van der Waals surface area contributed by atoms with E-state index in [9.17, 15) is 0 Å². The topological polar surface area (TPSA) is 46.0 Å². The van der Waals surface area contributed by atoms with E-state index in [0.717, 1.165) is 11.3 Å². The molecule has 1 N–H and O–H groups in total. The molecule has 0 spiro atoms. The maximum Gasteiger partial charge on any atom is 0.116 e. The Balaban J connectivity index is 2.85. The van der Waals surface area contributed by atoms with Gasteiger partial charge in [-0.2, -0.15) is 0 Å². The number of hydrogen-bond acceptors (Lipinski definition) is 3. The monoisotopic (exact) mass is 164 g/mol. The van der Waals surface area contributed by atoms with Crippen molar-refractivity contribution in [2.45, 2.75) is 20.0 Å². The molecule has 1 heterocycles. The van der Waals surface area contributed by atoms with Crippen molar-refractivity contribution in [3.05, 3.63) is 30.4 Å². The van der Waals surface area contributed by atoms with Gasteiger partial charge in [-0.05, 0) is 25.5 Å². The summed E-state index contributed by atoms with van der Waals surface area (Å²) in [6, 6.07) is 1.81. The summed E-state index contributed by atoms with van der Waals surface area (Å²) in [7, 11) is 0. The van der Waals surface area contributed by atoms with Crippen LogP contribution in [0.15, 0.2) is 24.7 Å². The molecule has 3 nitrogen and oxygen atoms in total. The minimum Gasteiger partial charge on any atom is -0.389 e. The van der Waals surface area contributed by atoms with Crippen LogP contribution in [0.1, 0.15) is 19.5 Å². The van der Waals surface area contributed by atoms with E-state index in [4.69, 9.17) is 5.11 Å². The second-order valence-corrected chi connectivity index (χ2v) is 2.68. The first-order valence-corrected chi connectivity index (χ1v) is 3.83. The zero-order valence-electron chi connectivity index (χ0n) is 7.23. The first-order valence-electron chi connectivity index (χ1n) is 3.83. The Bertz CT molecular complexity index is 267. The van der Waals surface area contributed by atoms with Gasteiger partial charge >= 0.3 is 0 Å². The van der Waals surface area contributed by atoms with E-state index in [2.05, 4.69) is 9.97 Å². The molecule has 0 aliphatic rings. The van der Waals surface area contributed by atoms with Gasteiger partial charge in [0.2, 0.25) is 0 Å². The van der Waals surface area contributed by atoms with E-state index in [1.54, 1.807) is 19.2 Å². The van der Waals surface area contributed by atoms with Gasteiger partial charge in [0.15, 0.2) is 0 Å². The number of aliphatic hydroxyl groups is 1. The van der Waals surface area contributed by atoms with Gasteiger partial charge in [0.05, 0.1) is 11.8 Å². The number of allylic oxidation sites excluding steroid dienone is 1. The highest BCUT2D eigenvalue weighted by atomic mass is 16.3. The summed E-state index contributed by atoms with van der Waals surface area (Å²) in [5.74, 6) is 0. The highest BCUT2D eigenvalue weighted by molar-refractivity contribution is 5.60. The molecule has 0 aliphatic heterocycles. The standard InChI is InChI=1S/C9H12N2O/c1-7(5-8(2)12)9-3-4-10-6-11-9/h3-6,8,12H,1-2H3/b7-5-. The van der Waals surface area contributed by atoms with Crippen molar-refractivity contribution >= 4 is 5.57 Å². The molecule has 1 aromatic rings. The molecule has 0 fully saturated rings. The molecule has 0 amide bonds.